The van der Waals surface area contributed by atoms with Gasteiger partial charge in [-0.15, -0.1) is 0 Å². The van der Waals surface area contributed by atoms with Crippen molar-refractivity contribution in [3.8, 4) is 28.5 Å². The molecule has 5 rings (SSSR count). The van der Waals surface area contributed by atoms with Crippen molar-refractivity contribution in [2.24, 2.45) is 0 Å². The highest BCUT2D eigenvalue weighted by atomic mass is 31.2. The van der Waals surface area contributed by atoms with Crippen molar-refractivity contribution in [3.05, 3.63) is 77.9 Å². The molecule has 0 aliphatic carbocycles. The number of nitrogens with zero attached hydrogens (tertiary/aromatic N) is 2. The Morgan fingerprint density at radius 3 is 1.95 bits per heavy atom. The van der Waals surface area contributed by atoms with E-state index in [4.69, 9.17) is 23.6 Å². The second kappa shape index (κ2) is 13.2. The smallest absolute Gasteiger partial charge is 0.492 e. The monoisotopic (exact) mass is 630 g/mol. The Labute approximate surface area is 250 Å². The molecule has 11 nitrogen and oxygen atoms in total. The lowest BCUT2D eigenvalue weighted by Gasteiger charge is -2.19. The molecule has 1 fully saturated rings. The maximum atomic E-state index is 11.5. The largest absolute Gasteiger partial charge is 0.524 e. The molecule has 1 saturated heterocycles. The fraction of sp³-hybridized carbons (Fsp3) is 0.333. The molecule has 0 atom stereocenters. The number of benzene rings is 3. The van der Waals surface area contributed by atoms with E-state index in [2.05, 4.69) is 9.47 Å². The van der Waals surface area contributed by atoms with Crippen LogP contribution >= 0.6 is 15.6 Å². The number of rotatable bonds is 11. The average Bonchev–Trinajstić information content (AvgIpc) is 3.08. The summed E-state index contributed by atoms with van der Waals surface area (Å²) in [6, 6.07) is 19.2. The van der Waals surface area contributed by atoms with Crippen molar-refractivity contribution in [2.45, 2.75) is 39.2 Å². The summed E-state index contributed by atoms with van der Waals surface area (Å²) in [5.41, 5.74) is 4.25. The van der Waals surface area contributed by atoms with Crippen LogP contribution < -0.4 is 13.8 Å². The molecular formula is C30H36N2O9P2. The first-order valence-electron chi connectivity index (χ1n) is 14.1. The molecule has 1 aromatic heterocycles. The number of hydrogen-bond donors (Lipinski definition) is 4. The Kier molecular flexibility index (Phi) is 9.63. The van der Waals surface area contributed by atoms with Gasteiger partial charge in [0, 0.05) is 24.0 Å². The first-order chi connectivity index (χ1) is 20.4. The zero-order chi connectivity index (χ0) is 30.6. The summed E-state index contributed by atoms with van der Waals surface area (Å²) in [6.07, 6.45) is 5.09. The lowest BCUT2D eigenvalue weighted by Crippen LogP contribution is -2.29. The third-order valence-corrected chi connectivity index (χ3v) is 8.40. The van der Waals surface area contributed by atoms with Crippen LogP contribution in [0.15, 0.2) is 66.7 Å². The van der Waals surface area contributed by atoms with Crippen LogP contribution in [-0.2, 0) is 15.7 Å². The highest BCUT2D eigenvalue weighted by Crippen LogP contribution is 2.42. The molecular weight excluding hydrogens is 594 g/mol. The number of ether oxygens (including phenoxy) is 1. The molecule has 0 bridgehead atoms. The quantitative estimate of drug-likeness (QED) is 0.148. The van der Waals surface area contributed by atoms with Crippen LogP contribution in [0, 0.1) is 6.92 Å². The van der Waals surface area contributed by atoms with Crippen LogP contribution in [0.1, 0.15) is 36.8 Å². The van der Waals surface area contributed by atoms with E-state index in [0.29, 0.717) is 13.2 Å². The van der Waals surface area contributed by atoms with Crippen LogP contribution in [0.2, 0.25) is 0 Å². The molecule has 230 valence electrons. The predicted octanol–water partition coefficient (Wildman–Crippen LogP) is 5.86. The van der Waals surface area contributed by atoms with E-state index in [1.165, 1.54) is 43.9 Å². The maximum absolute atomic E-state index is 11.5. The Morgan fingerprint density at radius 2 is 1.33 bits per heavy atom. The molecule has 3 aromatic carbocycles. The van der Waals surface area contributed by atoms with Crippen molar-refractivity contribution < 1.29 is 42.5 Å². The van der Waals surface area contributed by atoms with Gasteiger partial charge < -0.3 is 18.4 Å². The maximum Gasteiger partial charge on any atom is 0.524 e. The van der Waals surface area contributed by atoms with Crippen LogP contribution in [-0.4, -0.2) is 55.3 Å². The Hall–Kier alpha value is -3.14. The first kappa shape index (κ1) is 31.3. The zero-order valence-electron chi connectivity index (χ0n) is 23.8. The van der Waals surface area contributed by atoms with Crippen molar-refractivity contribution in [2.75, 3.05) is 26.2 Å². The molecule has 0 unspecified atom stereocenters. The van der Waals surface area contributed by atoms with E-state index in [-0.39, 0.29) is 11.5 Å². The lowest BCUT2D eigenvalue weighted by molar-refractivity contribution is 0.214. The summed E-state index contributed by atoms with van der Waals surface area (Å²) in [5, 5.41) is 0.741. The summed E-state index contributed by atoms with van der Waals surface area (Å²) in [5.74, 6) is 0.869. The van der Waals surface area contributed by atoms with E-state index in [0.717, 1.165) is 58.7 Å². The lowest BCUT2D eigenvalue weighted by atomic mass is 10.1. The van der Waals surface area contributed by atoms with Crippen LogP contribution in [0.5, 0.6) is 17.2 Å². The summed E-state index contributed by atoms with van der Waals surface area (Å²) in [4.78, 5) is 39.4. The molecule has 43 heavy (non-hydrogen) atoms. The van der Waals surface area contributed by atoms with E-state index in [1.54, 1.807) is 24.3 Å². The van der Waals surface area contributed by atoms with Gasteiger partial charge in [0.05, 0.1) is 5.69 Å². The number of fused-ring (bicyclic) bond motifs is 1. The van der Waals surface area contributed by atoms with Gasteiger partial charge in [-0.1, -0.05) is 25.0 Å². The second-order valence-corrected chi connectivity index (χ2v) is 13.0. The van der Waals surface area contributed by atoms with Gasteiger partial charge in [-0.25, -0.2) is 9.13 Å². The first-order valence-corrected chi connectivity index (χ1v) is 17.2. The van der Waals surface area contributed by atoms with Crippen LogP contribution in [0.4, 0.5) is 0 Å². The van der Waals surface area contributed by atoms with E-state index < -0.39 is 15.6 Å². The highest BCUT2D eigenvalue weighted by Gasteiger charge is 2.21. The number of aromatic nitrogens is 1. The van der Waals surface area contributed by atoms with E-state index >= 15 is 0 Å². The van der Waals surface area contributed by atoms with Gasteiger partial charge in [0.15, 0.2) is 0 Å². The standard InChI is InChI=1S/C30H36N2O9P2/c1-22-28-20-27(41-43(36,37)38)14-15-29(28)32(30(22)24-8-12-26(13-9-24)40-42(33,34)35)21-23-6-10-25(11-7-23)39-19-18-31-16-4-2-3-5-17-31/h6-15,20H,2-5,16-19,21H2,1H3,(H2,33,34,35)(H2,36,37,38). The molecule has 13 heteroatoms. The third kappa shape index (κ3) is 8.49. The topological polar surface area (TPSA) is 151 Å². The van der Waals surface area contributed by atoms with Crippen molar-refractivity contribution in [3.63, 3.8) is 0 Å². The molecule has 1 aliphatic rings. The van der Waals surface area contributed by atoms with Gasteiger partial charge in [0.1, 0.15) is 23.9 Å². The minimum atomic E-state index is -4.74. The molecule has 0 spiro atoms. The van der Waals surface area contributed by atoms with Gasteiger partial charge in [0.25, 0.3) is 0 Å². The second-order valence-electron chi connectivity index (χ2n) is 10.7. The predicted molar refractivity (Wildman–Crippen MR) is 163 cm³/mol. The molecule has 0 radical (unpaired) electrons. The third-order valence-electron chi connectivity index (χ3n) is 7.50. The van der Waals surface area contributed by atoms with Crippen molar-refractivity contribution >= 4 is 26.5 Å². The van der Waals surface area contributed by atoms with Crippen molar-refractivity contribution in [1.29, 1.82) is 0 Å². The summed E-state index contributed by atoms with van der Waals surface area (Å²) < 4.78 is 40.4. The fourth-order valence-corrected chi connectivity index (χ4v) is 6.35. The molecule has 4 aromatic rings. The number of hydrogen-bond acceptors (Lipinski definition) is 6. The van der Waals surface area contributed by atoms with Crippen LogP contribution in [0.3, 0.4) is 0 Å². The van der Waals surface area contributed by atoms with Gasteiger partial charge >= 0.3 is 15.6 Å². The Bertz CT molecular complexity index is 1640. The van der Waals surface area contributed by atoms with Gasteiger partial charge in [0.2, 0.25) is 0 Å². The normalized spacial score (nSPS) is 14.9. The Morgan fingerprint density at radius 1 is 0.744 bits per heavy atom. The highest BCUT2D eigenvalue weighted by molar-refractivity contribution is 7.47. The van der Waals surface area contributed by atoms with Gasteiger partial charge in [-0.2, -0.15) is 0 Å². The van der Waals surface area contributed by atoms with Gasteiger partial charge in [-0.05, 0) is 104 Å². The summed E-state index contributed by atoms with van der Waals surface area (Å²) >= 11 is 0. The number of aryl methyl sites for hydroxylation is 1. The minimum Gasteiger partial charge on any atom is -0.492 e. The fourth-order valence-electron chi connectivity index (χ4n) is 5.57. The van der Waals surface area contributed by atoms with E-state index in [1.807, 2.05) is 31.2 Å². The molecule has 0 saturated carbocycles. The molecule has 1 aliphatic heterocycles. The zero-order valence-corrected chi connectivity index (χ0v) is 25.6. The average molecular weight is 631 g/mol. The SMILES string of the molecule is Cc1c(-c2ccc(OP(=O)(O)O)cc2)n(Cc2ccc(OCCN3CCCCCC3)cc2)c2ccc(OP(=O)(O)O)cc12. The van der Waals surface area contributed by atoms with Crippen LogP contribution in [0.25, 0.3) is 22.2 Å². The van der Waals surface area contributed by atoms with Crippen molar-refractivity contribution in [1.82, 2.24) is 9.47 Å². The minimum absolute atomic E-state index is 0.0289. The number of phosphoric ester groups is 2. The Balaban J connectivity index is 1.41. The summed E-state index contributed by atoms with van der Waals surface area (Å²) in [6.45, 7) is 6.17. The molecule has 0 amide bonds. The number of likely N-dealkylation sites (tertiary alicyclic amines) is 1. The molecule has 2 heterocycles. The van der Waals surface area contributed by atoms with Gasteiger partial charge in [-0.3, -0.25) is 24.5 Å². The molecule has 4 N–H and O–H groups in total. The summed E-state index contributed by atoms with van der Waals surface area (Å²) in [7, 11) is -9.45. The number of phosphoric acid groups is 2. The van der Waals surface area contributed by atoms with E-state index in [9.17, 15) is 18.9 Å².